The van der Waals surface area contributed by atoms with Crippen molar-refractivity contribution in [2.24, 2.45) is 46.3 Å². The lowest BCUT2D eigenvalue weighted by Crippen LogP contribution is -2.60. The SMILES string of the molecule is CC(C)CCC[C@@H](C)[C@H]1CC[C@H]2[C@@H]3CC(O)OC4(OO)C[C@@H](O)CC[C@]4(C)[C@H]3CC[C@]12C. The summed E-state index contributed by atoms with van der Waals surface area (Å²) in [5.74, 6) is 2.23. The third kappa shape index (κ3) is 3.98. The van der Waals surface area contributed by atoms with Crippen molar-refractivity contribution in [3.05, 3.63) is 0 Å². The molecule has 3 saturated carbocycles. The first-order valence-corrected chi connectivity index (χ1v) is 13.4. The lowest BCUT2D eigenvalue weighted by Gasteiger charge is -2.58. The Kier molecular flexibility index (Phi) is 7.09. The molecular formula is C27H48O5. The van der Waals surface area contributed by atoms with Crippen molar-refractivity contribution in [3.63, 3.8) is 0 Å². The van der Waals surface area contributed by atoms with Crippen LogP contribution in [0.2, 0.25) is 0 Å². The lowest BCUT2D eigenvalue weighted by molar-refractivity contribution is -0.470. The molecule has 0 radical (unpaired) electrons. The first-order valence-electron chi connectivity index (χ1n) is 13.4. The minimum Gasteiger partial charge on any atom is -0.393 e. The summed E-state index contributed by atoms with van der Waals surface area (Å²) >= 11 is 0. The summed E-state index contributed by atoms with van der Waals surface area (Å²) in [6, 6.07) is 0. The Bertz CT molecular complexity index is 654. The first-order chi connectivity index (χ1) is 15.1. The fourth-order valence-corrected chi connectivity index (χ4v) is 9.05. The summed E-state index contributed by atoms with van der Waals surface area (Å²) < 4.78 is 6.07. The Morgan fingerprint density at radius 1 is 0.969 bits per heavy atom. The normalized spacial score (nSPS) is 49.8. The van der Waals surface area contributed by atoms with Crippen LogP contribution in [0.1, 0.15) is 105 Å². The van der Waals surface area contributed by atoms with Gasteiger partial charge in [-0.3, -0.25) is 0 Å². The second-order valence-corrected chi connectivity index (χ2v) is 12.9. The van der Waals surface area contributed by atoms with E-state index in [0.29, 0.717) is 36.0 Å². The molecule has 0 bridgehead atoms. The quantitative estimate of drug-likeness (QED) is 0.341. The number of aliphatic hydroxyl groups excluding tert-OH is 2. The van der Waals surface area contributed by atoms with Crippen molar-refractivity contribution < 1.29 is 25.1 Å². The van der Waals surface area contributed by atoms with Crippen molar-refractivity contribution in [1.29, 1.82) is 0 Å². The highest BCUT2D eigenvalue weighted by Gasteiger charge is 2.66. The van der Waals surface area contributed by atoms with Crippen molar-refractivity contribution >= 4 is 0 Å². The maximum atomic E-state index is 10.9. The van der Waals surface area contributed by atoms with Gasteiger partial charge in [-0.25, -0.2) is 10.1 Å². The molecule has 2 unspecified atom stereocenters. The topological polar surface area (TPSA) is 79.2 Å². The molecule has 0 spiro atoms. The van der Waals surface area contributed by atoms with E-state index >= 15 is 0 Å². The van der Waals surface area contributed by atoms with Crippen LogP contribution in [-0.2, 0) is 9.62 Å². The van der Waals surface area contributed by atoms with Crippen LogP contribution >= 0.6 is 0 Å². The molecule has 5 nitrogen and oxygen atoms in total. The highest BCUT2D eigenvalue weighted by molar-refractivity contribution is 5.11. The molecule has 5 heteroatoms. The van der Waals surface area contributed by atoms with Crippen LogP contribution in [0.25, 0.3) is 0 Å². The molecule has 4 rings (SSSR count). The van der Waals surface area contributed by atoms with E-state index in [1.165, 1.54) is 38.5 Å². The van der Waals surface area contributed by atoms with Crippen LogP contribution in [0.5, 0.6) is 0 Å². The minimum absolute atomic E-state index is 0.220. The molecule has 10 atom stereocenters. The smallest absolute Gasteiger partial charge is 0.212 e. The average Bonchev–Trinajstić information content (AvgIpc) is 3.03. The molecule has 1 aliphatic heterocycles. The van der Waals surface area contributed by atoms with Gasteiger partial charge in [-0.05, 0) is 79.4 Å². The maximum Gasteiger partial charge on any atom is 0.212 e. The molecule has 186 valence electrons. The first kappa shape index (κ1) is 24.9. The van der Waals surface area contributed by atoms with Gasteiger partial charge in [-0.1, -0.05) is 53.9 Å². The zero-order chi connectivity index (χ0) is 23.3. The number of aliphatic hydroxyl groups is 2. The van der Waals surface area contributed by atoms with Gasteiger partial charge in [0.1, 0.15) is 0 Å². The van der Waals surface area contributed by atoms with E-state index in [-0.39, 0.29) is 6.42 Å². The molecule has 0 aromatic rings. The number of rotatable bonds is 6. The predicted molar refractivity (Wildman–Crippen MR) is 125 cm³/mol. The van der Waals surface area contributed by atoms with Crippen LogP contribution in [0.4, 0.5) is 0 Å². The fraction of sp³-hybridized carbons (Fsp3) is 1.00. The van der Waals surface area contributed by atoms with E-state index in [1.54, 1.807) is 0 Å². The number of fused-ring (bicyclic) bond motifs is 5. The summed E-state index contributed by atoms with van der Waals surface area (Å²) in [5.41, 5.74) is -0.0961. The van der Waals surface area contributed by atoms with E-state index in [1.807, 2.05) is 0 Å². The van der Waals surface area contributed by atoms with E-state index in [2.05, 4.69) is 34.6 Å². The van der Waals surface area contributed by atoms with Crippen molar-refractivity contribution in [2.75, 3.05) is 0 Å². The lowest BCUT2D eigenvalue weighted by atomic mass is 9.49. The van der Waals surface area contributed by atoms with Gasteiger partial charge in [0.2, 0.25) is 5.79 Å². The molecule has 3 N–H and O–H groups in total. The minimum atomic E-state index is -1.32. The highest BCUT2D eigenvalue weighted by Crippen LogP contribution is 2.68. The third-order valence-electron chi connectivity index (χ3n) is 10.8. The van der Waals surface area contributed by atoms with Crippen LogP contribution in [0.15, 0.2) is 0 Å². The molecule has 0 amide bonds. The molecule has 1 heterocycles. The zero-order valence-electron chi connectivity index (χ0n) is 21.1. The summed E-state index contributed by atoms with van der Waals surface area (Å²) in [6.45, 7) is 11.8. The van der Waals surface area contributed by atoms with Crippen LogP contribution in [0.3, 0.4) is 0 Å². The molecule has 32 heavy (non-hydrogen) atoms. The molecule has 4 aliphatic rings. The molecule has 4 fully saturated rings. The molecule has 1 saturated heterocycles. The van der Waals surface area contributed by atoms with Crippen molar-refractivity contribution in [1.82, 2.24) is 0 Å². The van der Waals surface area contributed by atoms with Gasteiger partial charge < -0.3 is 14.9 Å². The number of hydrogen-bond donors (Lipinski definition) is 3. The second kappa shape index (κ2) is 9.11. The van der Waals surface area contributed by atoms with Crippen LogP contribution < -0.4 is 0 Å². The molecule has 0 aromatic heterocycles. The Morgan fingerprint density at radius 2 is 1.72 bits per heavy atom. The summed E-state index contributed by atoms with van der Waals surface area (Å²) in [6.07, 6.45) is 9.51. The summed E-state index contributed by atoms with van der Waals surface area (Å²) in [4.78, 5) is 5.07. The maximum absolute atomic E-state index is 10.9. The Hall–Kier alpha value is -0.200. The van der Waals surface area contributed by atoms with Gasteiger partial charge in [0.25, 0.3) is 0 Å². The number of ether oxygens (including phenoxy) is 1. The van der Waals surface area contributed by atoms with Gasteiger partial charge in [-0.15, -0.1) is 0 Å². The van der Waals surface area contributed by atoms with E-state index in [4.69, 9.17) is 9.62 Å². The summed E-state index contributed by atoms with van der Waals surface area (Å²) in [7, 11) is 0. The van der Waals surface area contributed by atoms with Crippen LogP contribution in [-0.4, -0.2) is 33.7 Å². The Labute approximate surface area is 195 Å². The molecule has 3 aliphatic carbocycles. The predicted octanol–water partition coefficient (Wildman–Crippen LogP) is 5.98. The molecular weight excluding hydrogens is 404 g/mol. The molecule has 0 aromatic carbocycles. The Balaban J connectivity index is 1.58. The number of hydrogen-bond acceptors (Lipinski definition) is 5. The fourth-order valence-electron chi connectivity index (χ4n) is 9.05. The van der Waals surface area contributed by atoms with Crippen LogP contribution in [0, 0.1) is 46.3 Å². The van der Waals surface area contributed by atoms with Crippen molar-refractivity contribution in [2.45, 2.75) is 123 Å². The third-order valence-corrected chi connectivity index (χ3v) is 10.8. The average molecular weight is 453 g/mol. The second-order valence-electron chi connectivity index (χ2n) is 12.9. The van der Waals surface area contributed by atoms with Gasteiger partial charge in [0.05, 0.1) is 6.10 Å². The summed E-state index contributed by atoms with van der Waals surface area (Å²) in [5, 5.41) is 31.3. The largest absolute Gasteiger partial charge is 0.393 e. The highest BCUT2D eigenvalue weighted by atomic mass is 17.1. The monoisotopic (exact) mass is 452 g/mol. The van der Waals surface area contributed by atoms with E-state index in [9.17, 15) is 15.5 Å². The standard InChI is InChI=1S/C27H48O5/c1-17(2)7-6-8-18(3)21-9-10-22-20-15-24(29)31-27(32-30)16-19(28)11-14-26(27,5)23(20)12-13-25(21,22)4/h17-24,28-30H,6-16H2,1-5H3/t18-,19+,20+,21-,22+,23+,24?,25-,26-,27?/m1/s1. The van der Waals surface area contributed by atoms with Gasteiger partial charge in [0.15, 0.2) is 6.29 Å². The van der Waals surface area contributed by atoms with Gasteiger partial charge in [0, 0.05) is 18.3 Å². The van der Waals surface area contributed by atoms with E-state index < -0.39 is 23.6 Å². The van der Waals surface area contributed by atoms with Crippen molar-refractivity contribution in [3.8, 4) is 0 Å². The Morgan fingerprint density at radius 3 is 2.41 bits per heavy atom. The van der Waals surface area contributed by atoms with Gasteiger partial charge in [-0.2, -0.15) is 0 Å². The van der Waals surface area contributed by atoms with Gasteiger partial charge >= 0.3 is 0 Å². The zero-order valence-corrected chi connectivity index (χ0v) is 21.1. The van der Waals surface area contributed by atoms with E-state index in [0.717, 1.165) is 30.6 Å².